The molecular formula is C17H16BrN3. The highest BCUT2D eigenvalue weighted by molar-refractivity contribution is 9.08. The molecule has 0 amide bonds. The number of hydrogen-bond donors (Lipinski definition) is 0. The highest BCUT2D eigenvalue weighted by Gasteiger charge is 2.11. The second-order valence-electron chi connectivity index (χ2n) is 5.01. The Kier molecular flexibility index (Phi) is 4.15. The Balaban J connectivity index is 1.98. The quantitative estimate of drug-likeness (QED) is 0.667. The fourth-order valence-electron chi connectivity index (χ4n) is 2.42. The average Bonchev–Trinajstić information content (AvgIpc) is 2.54. The Morgan fingerprint density at radius 3 is 2.76 bits per heavy atom. The average molecular weight is 342 g/mol. The first-order valence-electron chi connectivity index (χ1n) is 6.82. The smallest absolute Gasteiger partial charge is 0.133 e. The lowest BCUT2D eigenvalue weighted by molar-refractivity contribution is 0.889. The number of anilines is 1. The monoisotopic (exact) mass is 341 g/mol. The van der Waals surface area contributed by atoms with E-state index in [9.17, 15) is 0 Å². The summed E-state index contributed by atoms with van der Waals surface area (Å²) < 4.78 is 0. The highest BCUT2D eigenvalue weighted by Crippen LogP contribution is 2.25. The highest BCUT2D eigenvalue weighted by atomic mass is 79.9. The molecule has 0 saturated heterocycles. The van der Waals surface area contributed by atoms with Gasteiger partial charge in [0.15, 0.2) is 0 Å². The van der Waals surface area contributed by atoms with Crippen molar-refractivity contribution < 1.29 is 0 Å². The predicted octanol–water partition coefficient (Wildman–Crippen LogP) is 4.16. The third-order valence-corrected chi connectivity index (χ3v) is 4.03. The number of alkyl halides is 1. The fourth-order valence-corrected chi connectivity index (χ4v) is 2.83. The Morgan fingerprint density at radius 2 is 2.00 bits per heavy atom. The lowest BCUT2D eigenvalue weighted by atomic mass is 10.1. The summed E-state index contributed by atoms with van der Waals surface area (Å²) in [6.45, 7) is 0.791. The molecule has 2 heterocycles. The summed E-state index contributed by atoms with van der Waals surface area (Å²) >= 11 is 3.57. The molecule has 21 heavy (non-hydrogen) atoms. The van der Waals surface area contributed by atoms with Crippen molar-refractivity contribution >= 4 is 32.7 Å². The van der Waals surface area contributed by atoms with Crippen LogP contribution in [-0.2, 0) is 11.9 Å². The zero-order chi connectivity index (χ0) is 14.7. The minimum Gasteiger partial charge on any atom is -0.355 e. The molecule has 1 aromatic carbocycles. The molecule has 3 aromatic rings. The molecule has 0 unspecified atom stereocenters. The SMILES string of the molecule is CN(Cc1cccnc1)c1nc2ccccc2cc1CBr. The number of halogens is 1. The Labute approximate surface area is 132 Å². The minimum absolute atomic E-state index is 0.789. The van der Waals surface area contributed by atoms with E-state index < -0.39 is 0 Å². The number of hydrogen-bond acceptors (Lipinski definition) is 3. The first kappa shape index (κ1) is 14.0. The van der Waals surface area contributed by atoms with Crippen LogP contribution in [0.4, 0.5) is 5.82 Å². The third kappa shape index (κ3) is 3.05. The predicted molar refractivity (Wildman–Crippen MR) is 90.7 cm³/mol. The van der Waals surface area contributed by atoms with E-state index in [4.69, 9.17) is 4.98 Å². The molecule has 106 valence electrons. The van der Waals surface area contributed by atoms with E-state index in [1.54, 1.807) is 6.20 Å². The van der Waals surface area contributed by atoms with Gasteiger partial charge in [0, 0.05) is 42.3 Å². The van der Waals surface area contributed by atoms with Crippen molar-refractivity contribution in [2.75, 3.05) is 11.9 Å². The summed E-state index contributed by atoms with van der Waals surface area (Å²) in [7, 11) is 2.07. The summed E-state index contributed by atoms with van der Waals surface area (Å²) in [5.41, 5.74) is 3.39. The Bertz CT molecular complexity index is 743. The van der Waals surface area contributed by atoms with Gasteiger partial charge in [-0.15, -0.1) is 0 Å². The Morgan fingerprint density at radius 1 is 1.14 bits per heavy atom. The lowest BCUT2D eigenvalue weighted by Crippen LogP contribution is -2.19. The molecular weight excluding hydrogens is 326 g/mol. The first-order chi connectivity index (χ1) is 10.3. The van der Waals surface area contributed by atoms with Gasteiger partial charge in [-0.25, -0.2) is 4.98 Å². The van der Waals surface area contributed by atoms with Gasteiger partial charge in [0.25, 0.3) is 0 Å². The fraction of sp³-hybridized carbons (Fsp3) is 0.176. The van der Waals surface area contributed by atoms with Crippen LogP contribution in [0.1, 0.15) is 11.1 Å². The van der Waals surface area contributed by atoms with Gasteiger partial charge < -0.3 is 4.90 Å². The van der Waals surface area contributed by atoms with Crippen LogP contribution >= 0.6 is 15.9 Å². The third-order valence-electron chi connectivity index (χ3n) is 3.43. The van der Waals surface area contributed by atoms with Crippen LogP contribution in [0.15, 0.2) is 54.9 Å². The van der Waals surface area contributed by atoms with Crippen LogP contribution in [0.25, 0.3) is 10.9 Å². The van der Waals surface area contributed by atoms with E-state index in [2.05, 4.69) is 57.1 Å². The second kappa shape index (κ2) is 6.22. The number of benzene rings is 1. The van der Waals surface area contributed by atoms with Gasteiger partial charge >= 0.3 is 0 Å². The standard InChI is InChI=1S/C17H16BrN3/c1-21(12-13-5-4-8-19-11-13)17-15(10-18)9-14-6-2-3-7-16(14)20-17/h2-9,11H,10,12H2,1H3. The molecule has 2 aromatic heterocycles. The summed E-state index contributed by atoms with van der Waals surface area (Å²) in [4.78, 5) is 11.2. The maximum absolute atomic E-state index is 4.82. The number of aromatic nitrogens is 2. The van der Waals surface area contributed by atoms with Crippen molar-refractivity contribution in [2.24, 2.45) is 0 Å². The van der Waals surface area contributed by atoms with Crippen molar-refractivity contribution in [3.63, 3.8) is 0 Å². The number of pyridine rings is 2. The van der Waals surface area contributed by atoms with Gasteiger partial charge in [0.05, 0.1) is 5.52 Å². The normalized spacial score (nSPS) is 10.8. The van der Waals surface area contributed by atoms with E-state index in [-0.39, 0.29) is 0 Å². The first-order valence-corrected chi connectivity index (χ1v) is 7.95. The van der Waals surface area contributed by atoms with Crippen LogP contribution in [0.5, 0.6) is 0 Å². The molecule has 3 nitrogen and oxygen atoms in total. The molecule has 0 fully saturated rings. The summed E-state index contributed by atoms with van der Waals surface area (Å²) in [5.74, 6) is 1.01. The van der Waals surface area contributed by atoms with E-state index in [0.29, 0.717) is 0 Å². The van der Waals surface area contributed by atoms with Crippen molar-refractivity contribution in [1.29, 1.82) is 0 Å². The Hall–Kier alpha value is -1.94. The van der Waals surface area contributed by atoms with Crippen molar-refractivity contribution in [2.45, 2.75) is 11.9 Å². The molecule has 0 aliphatic carbocycles. The van der Waals surface area contributed by atoms with E-state index in [1.807, 2.05) is 24.4 Å². The molecule has 0 radical (unpaired) electrons. The molecule has 0 aliphatic rings. The maximum Gasteiger partial charge on any atom is 0.133 e. The van der Waals surface area contributed by atoms with Crippen molar-refractivity contribution in [3.8, 4) is 0 Å². The van der Waals surface area contributed by atoms with Crippen LogP contribution < -0.4 is 4.90 Å². The molecule has 0 N–H and O–H groups in total. The van der Waals surface area contributed by atoms with Crippen LogP contribution in [-0.4, -0.2) is 17.0 Å². The number of nitrogens with zero attached hydrogens (tertiary/aromatic N) is 3. The number of para-hydroxylation sites is 1. The molecule has 4 heteroatoms. The summed E-state index contributed by atoms with van der Waals surface area (Å²) in [5, 5.41) is 1.96. The number of rotatable bonds is 4. The van der Waals surface area contributed by atoms with Crippen LogP contribution in [0.3, 0.4) is 0 Å². The molecule has 0 saturated carbocycles. The largest absolute Gasteiger partial charge is 0.355 e. The van der Waals surface area contributed by atoms with E-state index in [1.165, 1.54) is 16.5 Å². The van der Waals surface area contributed by atoms with Gasteiger partial charge in [-0.1, -0.05) is 40.2 Å². The van der Waals surface area contributed by atoms with Gasteiger partial charge in [-0.3, -0.25) is 4.98 Å². The van der Waals surface area contributed by atoms with E-state index >= 15 is 0 Å². The van der Waals surface area contributed by atoms with Gasteiger partial charge in [-0.2, -0.15) is 0 Å². The lowest BCUT2D eigenvalue weighted by Gasteiger charge is -2.21. The minimum atomic E-state index is 0.789. The molecule has 0 bridgehead atoms. The summed E-state index contributed by atoms with van der Waals surface area (Å²) in [6.07, 6.45) is 3.69. The van der Waals surface area contributed by atoms with Gasteiger partial charge in [0.1, 0.15) is 5.82 Å². The van der Waals surface area contributed by atoms with Crippen molar-refractivity contribution in [3.05, 3.63) is 66.0 Å². The topological polar surface area (TPSA) is 29.0 Å². The molecule has 0 aliphatic heterocycles. The van der Waals surface area contributed by atoms with Crippen LogP contribution in [0, 0.1) is 0 Å². The zero-order valence-electron chi connectivity index (χ0n) is 11.8. The molecule has 0 atom stereocenters. The zero-order valence-corrected chi connectivity index (χ0v) is 13.4. The van der Waals surface area contributed by atoms with E-state index in [0.717, 1.165) is 23.2 Å². The maximum atomic E-state index is 4.82. The van der Waals surface area contributed by atoms with Gasteiger partial charge in [-0.05, 0) is 23.8 Å². The second-order valence-corrected chi connectivity index (χ2v) is 5.58. The number of fused-ring (bicyclic) bond motifs is 1. The summed E-state index contributed by atoms with van der Waals surface area (Å²) in [6, 6.07) is 14.5. The molecule has 3 rings (SSSR count). The van der Waals surface area contributed by atoms with Crippen LogP contribution in [0.2, 0.25) is 0 Å². The molecule has 0 spiro atoms. The van der Waals surface area contributed by atoms with Crippen molar-refractivity contribution in [1.82, 2.24) is 9.97 Å². The van der Waals surface area contributed by atoms with Gasteiger partial charge in [0.2, 0.25) is 0 Å².